The maximum Gasteiger partial charge on any atom is 0.213 e. The zero-order valence-corrected chi connectivity index (χ0v) is 11.8. The smallest absolute Gasteiger partial charge is 0.213 e. The van der Waals surface area contributed by atoms with Crippen molar-refractivity contribution in [2.45, 2.75) is 6.92 Å². The van der Waals surface area contributed by atoms with E-state index in [9.17, 15) is 8.78 Å². The van der Waals surface area contributed by atoms with E-state index in [1.807, 2.05) is 0 Å². The predicted molar refractivity (Wildman–Crippen MR) is 75.0 cm³/mol. The molecule has 4 nitrogen and oxygen atoms in total. The molecule has 0 radical (unpaired) electrons. The van der Waals surface area contributed by atoms with Crippen LogP contribution < -0.4 is 0 Å². The molecule has 3 rings (SSSR count). The molecule has 102 valence electrons. The van der Waals surface area contributed by atoms with Gasteiger partial charge < -0.3 is 0 Å². The number of hydrogen-bond acceptors (Lipinski definition) is 4. The molecule has 0 bridgehead atoms. The first-order valence-electron chi connectivity index (χ1n) is 5.63. The lowest BCUT2D eigenvalue weighted by atomic mass is 10.2. The van der Waals surface area contributed by atoms with Crippen LogP contribution in [-0.2, 0) is 0 Å². The molecule has 3 aromatic rings. The molecule has 0 aliphatic heterocycles. The van der Waals surface area contributed by atoms with Crippen molar-refractivity contribution in [3.05, 3.63) is 40.3 Å². The number of aryl methyl sites for hydroxylation is 1. The van der Waals surface area contributed by atoms with Gasteiger partial charge in [-0.15, -0.1) is 11.3 Å². The van der Waals surface area contributed by atoms with Gasteiger partial charge in [0, 0.05) is 0 Å². The molecule has 0 saturated heterocycles. The van der Waals surface area contributed by atoms with Gasteiger partial charge in [-0.25, -0.2) is 13.8 Å². The number of aromatic amines is 2. The minimum absolute atomic E-state index is 0.124. The number of thiazole rings is 1. The van der Waals surface area contributed by atoms with Crippen LogP contribution in [0.4, 0.5) is 8.78 Å². The first kappa shape index (κ1) is 13.1. The minimum Gasteiger partial charge on any atom is -0.281 e. The van der Waals surface area contributed by atoms with Gasteiger partial charge in [-0.05, 0) is 31.3 Å². The Bertz CT molecular complexity index is 814. The third kappa shape index (κ3) is 2.16. The van der Waals surface area contributed by atoms with Gasteiger partial charge in [0.2, 0.25) is 4.77 Å². The van der Waals surface area contributed by atoms with Gasteiger partial charge in [-0.1, -0.05) is 6.07 Å². The second kappa shape index (κ2) is 4.88. The van der Waals surface area contributed by atoms with Gasteiger partial charge in [0.15, 0.2) is 5.82 Å². The molecule has 0 amide bonds. The van der Waals surface area contributed by atoms with Crippen molar-refractivity contribution < 1.29 is 8.78 Å². The molecule has 2 heterocycles. The molecule has 2 aromatic heterocycles. The predicted octanol–water partition coefficient (Wildman–Crippen LogP) is 3.84. The molecule has 0 spiro atoms. The van der Waals surface area contributed by atoms with Gasteiger partial charge in [-0.3, -0.25) is 10.2 Å². The summed E-state index contributed by atoms with van der Waals surface area (Å²) in [6.45, 7) is 1.75. The fraction of sp³-hybridized carbons (Fsp3) is 0.0833. The van der Waals surface area contributed by atoms with Gasteiger partial charge in [-0.2, -0.15) is 4.98 Å². The topological polar surface area (TPSA) is 57.4 Å². The first-order valence-corrected chi connectivity index (χ1v) is 6.85. The van der Waals surface area contributed by atoms with Gasteiger partial charge in [0.1, 0.15) is 16.6 Å². The first-order chi connectivity index (χ1) is 9.56. The number of benzene rings is 1. The van der Waals surface area contributed by atoms with Crippen molar-refractivity contribution in [3.63, 3.8) is 0 Å². The van der Waals surface area contributed by atoms with Gasteiger partial charge in [0.05, 0.1) is 16.1 Å². The Morgan fingerprint density at radius 2 is 1.85 bits per heavy atom. The standard InChI is InChI=1S/C12H8F2N4S2/c1-5-9(10-16-12(19)18-17-10)20-11(15-5)8-6(13)3-2-4-7(8)14/h2-4H,1H3,(H2,16,17,18,19). The number of nitrogens with one attached hydrogen (secondary N) is 2. The Labute approximate surface area is 121 Å². The van der Waals surface area contributed by atoms with Crippen LogP contribution in [0.1, 0.15) is 5.69 Å². The molecule has 0 unspecified atom stereocenters. The van der Waals surface area contributed by atoms with E-state index in [1.165, 1.54) is 18.2 Å². The monoisotopic (exact) mass is 310 g/mol. The Morgan fingerprint density at radius 1 is 1.15 bits per heavy atom. The van der Waals surface area contributed by atoms with Crippen LogP contribution in [0, 0.1) is 23.3 Å². The summed E-state index contributed by atoms with van der Waals surface area (Å²) in [5.41, 5.74) is 0.506. The molecule has 1 aromatic carbocycles. The summed E-state index contributed by atoms with van der Waals surface area (Å²) in [6, 6.07) is 3.73. The Kier molecular flexibility index (Phi) is 3.19. The highest BCUT2D eigenvalue weighted by molar-refractivity contribution is 7.71. The maximum atomic E-state index is 13.8. The summed E-state index contributed by atoms with van der Waals surface area (Å²) in [5, 5.41) is 5.75. The molecule has 0 aliphatic rings. The Hall–Kier alpha value is -1.93. The third-order valence-corrected chi connectivity index (χ3v) is 4.06. The van der Waals surface area contributed by atoms with Crippen molar-refractivity contribution in [1.29, 1.82) is 0 Å². The molecule has 0 aliphatic carbocycles. The summed E-state index contributed by atoms with van der Waals surface area (Å²) < 4.78 is 27.8. The number of rotatable bonds is 2. The highest BCUT2D eigenvalue weighted by Gasteiger charge is 2.18. The van der Waals surface area contributed by atoms with Crippen LogP contribution in [0.3, 0.4) is 0 Å². The van der Waals surface area contributed by atoms with E-state index in [-0.39, 0.29) is 10.6 Å². The molecule has 20 heavy (non-hydrogen) atoms. The molecular formula is C12H8F2N4S2. The lowest BCUT2D eigenvalue weighted by Gasteiger charge is -1.99. The summed E-state index contributed by atoms with van der Waals surface area (Å²) in [5.74, 6) is -0.770. The average molecular weight is 310 g/mol. The average Bonchev–Trinajstić information content (AvgIpc) is 2.96. The highest BCUT2D eigenvalue weighted by atomic mass is 32.1. The minimum atomic E-state index is -0.639. The fourth-order valence-corrected chi connectivity index (χ4v) is 3.00. The number of halogens is 2. The van der Waals surface area contributed by atoms with Crippen LogP contribution in [0.15, 0.2) is 18.2 Å². The van der Waals surface area contributed by atoms with Crippen LogP contribution in [0.2, 0.25) is 0 Å². The molecule has 0 atom stereocenters. The fourth-order valence-electron chi connectivity index (χ4n) is 1.80. The molecular weight excluding hydrogens is 302 g/mol. The molecule has 0 saturated carbocycles. The van der Waals surface area contributed by atoms with Crippen LogP contribution in [0.25, 0.3) is 21.3 Å². The van der Waals surface area contributed by atoms with Crippen molar-refractivity contribution in [2.75, 3.05) is 0 Å². The van der Waals surface area contributed by atoms with Crippen LogP contribution in [-0.4, -0.2) is 20.2 Å². The molecule has 2 N–H and O–H groups in total. The largest absolute Gasteiger partial charge is 0.281 e. The van der Waals surface area contributed by atoms with Crippen molar-refractivity contribution in [1.82, 2.24) is 20.2 Å². The van der Waals surface area contributed by atoms with Gasteiger partial charge in [0.25, 0.3) is 0 Å². The van der Waals surface area contributed by atoms with Gasteiger partial charge >= 0.3 is 0 Å². The molecule has 8 heteroatoms. The second-order valence-electron chi connectivity index (χ2n) is 4.05. The van der Waals surface area contributed by atoms with Crippen LogP contribution >= 0.6 is 23.6 Å². The van der Waals surface area contributed by atoms with E-state index < -0.39 is 11.6 Å². The lowest BCUT2D eigenvalue weighted by Crippen LogP contribution is -1.88. The van der Waals surface area contributed by atoms with E-state index >= 15 is 0 Å². The Morgan fingerprint density at radius 3 is 2.45 bits per heavy atom. The SMILES string of the molecule is Cc1nc(-c2c(F)cccc2F)sc1-c1nc(=S)[nH][nH]1. The van der Waals surface area contributed by atoms with E-state index in [4.69, 9.17) is 12.2 Å². The second-order valence-corrected chi connectivity index (χ2v) is 5.43. The Balaban J connectivity index is 2.16. The van der Waals surface area contributed by atoms with E-state index in [0.717, 1.165) is 11.3 Å². The van der Waals surface area contributed by atoms with Crippen LogP contribution in [0.5, 0.6) is 0 Å². The van der Waals surface area contributed by atoms with Crippen molar-refractivity contribution in [2.24, 2.45) is 0 Å². The summed E-state index contributed by atoms with van der Waals surface area (Å²) in [6.07, 6.45) is 0. The highest BCUT2D eigenvalue weighted by Crippen LogP contribution is 2.35. The number of aromatic nitrogens is 4. The quantitative estimate of drug-likeness (QED) is 0.707. The number of hydrogen-bond donors (Lipinski definition) is 2. The van der Waals surface area contributed by atoms with Crippen molar-refractivity contribution >= 4 is 23.6 Å². The lowest BCUT2D eigenvalue weighted by molar-refractivity contribution is 0.589. The third-order valence-electron chi connectivity index (χ3n) is 2.69. The summed E-state index contributed by atoms with van der Waals surface area (Å²) in [7, 11) is 0. The zero-order chi connectivity index (χ0) is 14.3. The van der Waals surface area contributed by atoms with E-state index in [2.05, 4.69) is 20.2 Å². The normalized spacial score (nSPS) is 10.9. The summed E-state index contributed by atoms with van der Waals surface area (Å²) in [4.78, 5) is 8.99. The number of H-pyrrole nitrogens is 2. The maximum absolute atomic E-state index is 13.8. The van der Waals surface area contributed by atoms with E-state index in [0.29, 0.717) is 21.2 Å². The summed E-state index contributed by atoms with van der Waals surface area (Å²) >= 11 is 6.04. The molecule has 0 fully saturated rings. The number of nitrogens with zero attached hydrogens (tertiary/aromatic N) is 2. The van der Waals surface area contributed by atoms with Crippen molar-refractivity contribution in [3.8, 4) is 21.3 Å². The van der Waals surface area contributed by atoms with E-state index in [1.54, 1.807) is 6.92 Å². The zero-order valence-electron chi connectivity index (χ0n) is 10.2.